The van der Waals surface area contributed by atoms with Gasteiger partial charge in [-0.3, -0.25) is 4.79 Å². The Hall–Kier alpha value is -0.610. The van der Waals surface area contributed by atoms with Crippen LogP contribution >= 0.6 is 0 Å². The monoisotopic (exact) mass is 228 g/mol. The van der Waals surface area contributed by atoms with Gasteiger partial charge in [0.25, 0.3) is 0 Å². The Morgan fingerprint density at radius 3 is 2.56 bits per heavy atom. The minimum Gasteiger partial charge on any atom is -0.392 e. The smallest absolute Gasteiger partial charge is 0.236 e. The molecule has 0 aliphatic heterocycles. The van der Waals surface area contributed by atoms with Crippen LogP contribution in [-0.2, 0) is 4.79 Å². The van der Waals surface area contributed by atoms with Crippen molar-refractivity contribution in [2.75, 3.05) is 6.54 Å². The van der Waals surface area contributed by atoms with Crippen molar-refractivity contribution >= 4 is 5.91 Å². The lowest BCUT2D eigenvalue weighted by Gasteiger charge is -2.21. The second kappa shape index (κ2) is 6.21. The van der Waals surface area contributed by atoms with Crippen molar-refractivity contribution in [1.29, 1.82) is 0 Å². The number of aliphatic hydroxyl groups is 1. The summed E-state index contributed by atoms with van der Waals surface area (Å²) in [6, 6.07) is -0.142. The molecule has 0 aromatic heterocycles. The lowest BCUT2D eigenvalue weighted by atomic mass is 10.1. The Morgan fingerprint density at radius 2 is 2.06 bits per heavy atom. The SMILES string of the molecule is CC(C)CNC(=O)C(C)N[C@H]1CCC[C@@H]1O. The fraction of sp³-hybridized carbons (Fsp3) is 0.917. The quantitative estimate of drug-likeness (QED) is 0.647. The van der Waals surface area contributed by atoms with E-state index in [4.69, 9.17) is 0 Å². The van der Waals surface area contributed by atoms with E-state index in [1.54, 1.807) is 0 Å². The molecular weight excluding hydrogens is 204 g/mol. The van der Waals surface area contributed by atoms with E-state index in [1.807, 2.05) is 6.92 Å². The van der Waals surface area contributed by atoms with E-state index >= 15 is 0 Å². The summed E-state index contributed by atoms with van der Waals surface area (Å²) in [5.41, 5.74) is 0. The van der Waals surface area contributed by atoms with Gasteiger partial charge in [0.05, 0.1) is 12.1 Å². The number of nitrogens with one attached hydrogen (secondary N) is 2. The summed E-state index contributed by atoms with van der Waals surface area (Å²) in [6.45, 7) is 6.69. The third kappa shape index (κ3) is 4.10. The predicted molar refractivity (Wildman–Crippen MR) is 64.1 cm³/mol. The normalized spacial score (nSPS) is 27.1. The van der Waals surface area contributed by atoms with Crippen LogP contribution in [0.2, 0.25) is 0 Å². The molecule has 0 radical (unpaired) electrons. The molecule has 0 bridgehead atoms. The second-order valence-corrected chi connectivity index (χ2v) is 5.13. The Labute approximate surface area is 97.8 Å². The first-order valence-electron chi connectivity index (χ1n) is 6.22. The number of rotatable bonds is 5. The van der Waals surface area contributed by atoms with Gasteiger partial charge in [-0.15, -0.1) is 0 Å². The summed E-state index contributed by atoms with van der Waals surface area (Å²) >= 11 is 0. The van der Waals surface area contributed by atoms with E-state index in [-0.39, 0.29) is 24.1 Å². The molecule has 1 fully saturated rings. The fourth-order valence-electron chi connectivity index (χ4n) is 1.99. The van der Waals surface area contributed by atoms with Crippen LogP contribution in [0.5, 0.6) is 0 Å². The molecule has 1 aliphatic rings. The molecule has 3 N–H and O–H groups in total. The first kappa shape index (κ1) is 13.5. The van der Waals surface area contributed by atoms with Gasteiger partial charge < -0.3 is 15.7 Å². The number of aliphatic hydroxyl groups excluding tert-OH is 1. The molecule has 0 spiro atoms. The zero-order valence-corrected chi connectivity index (χ0v) is 10.5. The first-order chi connectivity index (χ1) is 7.50. The third-order valence-electron chi connectivity index (χ3n) is 3.02. The van der Waals surface area contributed by atoms with Gasteiger partial charge in [-0.25, -0.2) is 0 Å². The topological polar surface area (TPSA) is 61.4 Å². The highest BCUT2D eigenvalue weighted by atomic mass is 16.3. The van der Waals surface area contributed by atoms with Gasteiger partial charge in [0.1, 0.15) is 0 Å². The summed E-state index contributed by atoms with van der Waals surface area (Å²) < 4.78 is 0. The van der Waals surface area contributed by atoms with Crippen LogP contribution in [0.1, 0.15) is 40.0 Å². The molecule has 4 nitrogen and oxygen atoms in total. The van der Waals surface area contributed by atoms with Crippen LogP contribution < -0.4 is 10.6 Å². The van der Waals surface area contributed by atoms with Crippen molar-refractivity contribution in [2.24, 2.45) is 5.92 Å². The molecule has 16 heavy (non-hydrogen) atoms. The molecule has 94 valence electrons. The van der Waals surface area contributed by atoms with E-state index in [9.17, 15) is 9.90 Å². The largest absolute Gasteiger partial charge is 0.392 e. The van der Waals surface area contributed by atoms with Crippen molar-refractivity contribution in [2.45, 2.75) is 58.2 Å². The standard InChI is InChI=1S/C12H24N2O2/c1-8(2)7-13-12(16)9(3)14-10-5-4-6-11(10)15/h8-11,14-15H,4-7H2,1-3H3,(H,13,16)/t9?,10-,11-/m0/s1. The average Bonchev–Trinajstić information content (AvgIpc) is 2.60. The van der Waals surface area contributed by atoms with Crippen LogP contribution in [-0.4, -0.2) is 35.7 Å². The van der Waals surface area contributed by atoms with Gasteiger partial charge in [-0.05, 0) is 32.1 Å². The molecule has 0 saturated heterocycles. The summed E-state index contributed by atoms with van der Waals surface area (Å²) in [7, 11) is 0. The van der Waals surface area contributed by atoms with Gasteiger partial charge in [-0.2, -0.15) is 0 Å². The molecule has 0 heterocycles. The lowest BCUT2D eigenvalue weighted by molar-refractivity contribution is -0.123. The van der Waals surface area contributed by atoms with Crippen LogP contribution in [0.15, 0.2) is 0 Å². The van der Waals surface area contributed by atoms with Gasteiger partial charge in [0.2, 0.25) is 5.91 Å². The van der Waals surface area contributed by atoms with Crippen molar-refractivity contribution in [3.63, 3.8) is 0 Å². The fourth-order valence-corrected chi connectivity index (χ4v) is 1.99. The van der Waals surface area contributed by atoms with Crippen molar-refractivity contribution in [1.82, 2.24) is 10.6 Å². The van der Waals surface area contributed by atoms with Crippen molar-refractivity contribution in [3.05, 3.63) is 0 Å². The zero-order chi connectivity index (χ0) is 12.1. The van der Waals surface area contributed by atoms with Gasteiger partial charge in [0.15, 0.2) is 0 Å². The third-order valence-corrected chi connectivity index (χ3v) is 3.02. The number of amides is 1. The molecule has 1 unspecified atom stereocenters. The summed E-state index contributed by atoms with van der Waals surface area (Å²) in [5, 5.41) is 15.7. The first-order valence-corrected chi connectivity index (χ1v) is 6.22. The van der Waals surface area contributed by atoms with E-state index in [1.165, 1.54) is 0 Å². The van der Waals surface area contributed by atoms with E-state index in [0.717, 1.165) is 19.3 Å². The van der Waals surface area contributed by atoms with Crippen LogP contribution in [0.4, 0.5) is 0 Å². The maximum Gasteiger partial charge on any atom is 0.236 e. The summed E-state index contributed by atoms with van der Waals surface area (Å²) in [5.74, 6) is 0.487. The van der Waals surface area contributed by atoms with Crippen molar-refractivity contribution in [3.8, 4) is 0 Å². The molecular formula is C12H24N2O2. The van der Waals surface area contributed by atoms with Gasteiger partial charge in [0, 0.05) is 12.6 Å². The summed E-state index contributed by atoms with van der Waals surface area (Å²) in [4.78, 5) is 11.7. The Kier molecular flexibility index (Phi) is 5.22. The Morgan fingerprint density at radius 1 is 1.38 bits per heavy atom. The molecule has 1 amide bonds. The lowest BCUT2D eigenvalue weighted by Crippen LogP contribution is -2.49. The molecule has 1 rings (SSSR count). The van der Waals surface area contributed by atoms with Gasteiger partial charge in [-0.1, -0.05) is 13.8 Å². The molecule has 1 saturated carbocycles. The molecule has 1 aliphatic carbocycles. The number of carbonyl (C=O) groups is 1. The van der Waals surface area contributed by atoms with E-state index in [2.05, 4.69) is 24.5 Å². The minimum atomic E-state index is -0.291. The maximum atomic E-state index is 11.7. The van der Waals surface area contributed by atoms with E-state index in [0.29, 0.717) is 12.5 Å². The number of hydrogen-bond donors (Lipinski definition) is 3. The Balaban J connectivity index is 2.28. The molecule has 3 atom stereocenters. The molecule has 0 aromatic carbocycles. The average molecular weight is 228 g/mol. The van der Waals surface area contributed by atoms with Gasteiger partial charge >= 0.3 is 0 Å². The highest BCUT2D eigenvalue weighted by Gasteiger charge is 2.27. The second-order valence-electron chi connectivity index (χ2n) is 5.13. The molecule has 0 aromatic rings. The highest BCUT2D eigenvalue weighted by molar-refractivity contribution is 5.81. The molecule has 4 heteroatoms. The minimum absolute atomic E-state index is 0.0211. The maximum absolute atomic E-state index is 11.7. The Bertz CT molecular complexity index is 231. The number of hydrogen-bond acceptors (Lipinski definition) is 3. The number of carbonyl (C=O) groups excluding carboxylic acids is 1. The predicted octanol–water partition coefficient (Wildman–Crippen LogP) is 0.650. The van der Waals surface area contributed by atoms with Crippen molar-refractivity contribution < 1.29 is 9.90 Å². The van der Waals surface area contributed by atoms with Crippen LogP contribution in [0, 0.1) is 5.92 Å². The van der Waals surface area contributed by atoms with Crippen LogP contribution in [0.3, 0.4) is 0 Å². The van der Waals surface area contributed by atoms with Crippen LogP contribution in [0.25, 0.3) is 0 Å². The zero-order valence-electron chi connectivity index (χ0n) is 10.5. The van der Waals surface area contributed by atoms with E-state index < -0.39 is 0 Å². The highest BCUT2D eigenvalue weighted by Crippen LogP contribution is 2.19. The summed E-state index contributed by atoms with van der Waals surface area (Å²) in [6.07, 6.45) is 2.56.